The van der Waals surface area contributed by atoms with Crippen LogP contribution in [0.1, 0.15) is 30.4 Å². The number of anilines is 1. The van der Waals surface area contributed by atoms with E-state index in [-0.39, 0.29) is 11.9 Å². The van der Waals surface area contributed by atoms with Crippen LogP contribution in [0.3, 0.4) is 0 Å². The molecule has 2 aliphatic rings. The largest absolute Gasteiger partial charge is 0.489 e. The molecular weight excluding hydrogens is 326 g/mol. The van der Waals surface area contributed by atoms with Gasteiger partial charge in [-0.25, -0.2) is 0 Å². The Morgan fingerprint density at radius 2 is 2.04 bits per heavy atom. The molecule has 1 atom stereocenters. The molecule has 0 aromatic heterocycles. The van der Waals surface area contributed by atoms with Gasteiger partial charge in [0.25, 0.3) is 0 Å². The van der Waals surface area contributed by atoms with E-state index in [0.29, 0.717) is 6.61 Å². The lowest BCUT2D eigenvalue weighted by molar-refractivity contribution is -0.145. The smallest absolute Gasteiger partial charge is 0.308 e. The van der Waals surface area contributed by atoms with Crippen LogP contribution in [0.2, 0.25) is 0 Å². The molecule has 1 heterocycles. The molecule has 0 saturated carbocycles. The summed E-state index contributed by atoms with van der Waals surface area (Å²) < 4.78 is 10.9. The van der Waals surface area contributed by atoms with Gasteiger partial charge in [-0.1, -0.05) is 36.4 Å². The van der Waals surface area contributed by atoms with Gasteiger partial charge >= 0.3 is 5.97 Å². The number of carbonyl (C=O) groups is 1. The molecule has 134 valence electrons. The van der Waals surface area contributed by atoms with Crippen LogP contribution in [-0.4, -0.2) is 13.1 Å². The molecule has 0 radical (unpaired) electrons. The number of benzene rings is 2. The zero-order chi connectivity index (χ0) is 17.9. The molecule has 0 fully saturated rings. The maximum atomic E-state index is 11.8. The van der Waals surface area contributed by atoms with E-state index in [0.717, 1.165) is 42.7 Å². The Morgan fingerprint density at radius 1 is 1.19 bits per heavy atom. The molecule has 1 unspecified atom stereocenters. The van der Waals surface area contributed by atoms with Crippen LogP contribution >= 0.6 is 0 Å². The Kier molecular flexibility index (Phi) is 4.65. The highest BCUT2D eigenvalue weighted by atomic mass is 16.5. The highest BCUT2D eigenvalue weighted by Crippen LogP contribution is 2.39. The van der Waals surface area contributed by atoms with Gasteiger partial charge in [-0.05, 0) is 48.4 Å². The molecule has 0 saturated heterocycles. The number of rotatable bonds is 4. The lowest BCUT2D eigenvalue weighted by Crippen LogP contribution is -2.25. The first-order chi connectivity index (χ1) is 12.7. The Morgan fingerprint density at radius 3 is 2.85 bits per heavy atom. The van der Waals surface area contributed by atoms with E-state index in [2.05, 4.69) is 29.6 Å². The van der Waals surface area contributed by atoms with Crippen molar-refractivity contribution in [1.82, 2.24) is 0 Å². The van der Waals surface area contributed by atoms with Crippen molar-refractivity contribution >= 4 is 11.7 Å². The molecule has 1 N–H and O–H groups in total. The third-order valence-electron chi connectivity index (χ3n) is 5.22. The van der Waals surface area contributed by atoms with Gasteiger partial charge in [-0.3, -0.25) is 4.79 Å². The van der Waals surface area contributed by atoms with Gasteiger partial charge in [0.2, 0.25) is 0 Å². The lowest BCUT2D eigenvalue weighted by atomic mass is 9.82. The van der Waals surface area contributed by atoms with Crippen LogP contribution in [0.25, 0.3) is 0 Å². The van der Waals surface area contributed by atoms with Crippen LogP contribution in [0.5, 0.6) is 5.75 Å². The summed E-state index contributed by atoms with van der Waals surface area (Å²) in [4.78, 5) is 11.8. The number of allylic oxidation sites excluding steroid dienone is 2. The van der Waals surface area contributed by atoms with E-state index < -0.39 is 0 Å². The number of hydrogen-bond acceptors (Lipinski definition) is 4. The molecule has 0 amide bonds. The van der Waals surface area contributed by atoms with Gasteiger partial charge in [0.1, 0.15) is 12.4 Å². The molecule has 0 bridgehead atoms. The quantitative estimate of drug-likeness (QED) is 0.828. The van der Waals surface area contributed by atoms with Gasteiger partial charge in [0.15, 0.2) is 0 Å². The zero-order valence-electron chi connectivity index (χ0n) is 15.0. The lowest BCUT2D eigenvalue weighted by Gasteiger charge is -2.31. The van der Waals surface area contributed by atoms with E-state index in [9.17, 15) is 4.79 Å². The van der Waals surface area contributed by atoms with E-state index in [1.165, 1.54) is 23.9 Å². The molecule has 4 rings (SSSR count). The normalized spacial score (nSPS) is 18.4. The summed E-state index contributed by atoms with van der Waals surface area (Å²) in [6.45, 7) is 0.564. The van der Waals surface area contributed by atoms with Crippen molar-refractivity contribution in [2.45, 2.75) is 32.3 Å². The van der Waals surface area contributed by atoms with Crippen LogP contribution in [0, 0.1) is 5.92 Å². The van der Waals surface area contributed by atoms with Crippen LogP contribution < -0.4 is 10.1 Å². The summed E-state index contributed by atoms with van der Waals surface area (Å²) in [5.74, 6) is 0.773. The van der Waals surface area contributed by atoms with E-state index in [1.54, 1.807) is 0 Å². The predicted octanol–water partition coefficient (Wildman–Crippen LogP) is 4.46. The standard InChI is InChI=1S/C22H23NO3/c1-25-22(24)17-8-10-20-18(12-17)11-16-7-9-19(13-21(16)23-20)26-14-15-5-3-2-4-6-15/h2-7,9,13,17,23H,8,10-12,14H2,1H3. The Hall–Kier alpha value is -2.75. The van der Waals surface area contributed by atoms with Crippen LogP contribution in [0.4, 0.5) is 5.69 Å². The minimum absolute atomic E-state index is 0.00409. The second-order valence-corrected chi connectivity index (χ2v) is 6.94. The Bertz CT molecular complexity index is 842. The SMILES string of the molecule is COC(=O)C1CCC2=C(Cc3ccc(OCc4ccccc4)cc3N2)C1. The Balaban J connectivity index is 1.45. The highest BCUT2D eigenvalue weighted by Gasteiger charge is 2.29. The zero-order valence-corrected chi connectivity index (χ0v) is 15.0. The van der Waals surface area contributed by atoms with Crippen molar-refractivity contribution < 1.29 is 14.3 Å². The molecule has 4 nitrogen and oxygen atoms in total. The summed E-state index contributed by atoms with van der Waals surface area (Å²) in [7, 11) is 1.47. The Labute approximate surface area is 153 Å². The monoisotopic (exact) mass is 349 g/mol. The summed E-state index contributed by atoms with van der Waals surface area (Å²) in [5.41, 5.74) is 6.12. The van der Waals surface area contributed by atoms with Crippen molar-refractivity contribution in [2.24, 2.45) is 5.92 Å². The molecule has 1 aliphatic carbocycles. The molecule has 2 aromatic carbocycles. The first kappa shape index (κ1) is 16.7. The van der Waals surface area contributed by atoms with Gasteiger partial charge in [0.05, 0.1) is 13.0 Å². The van der Waals surface area contributed by atoms with Crippen molar-refractivity contribution in [3.8, 4) is 5.75 Å². The second-order valence-electron chi connectivity index (χ2n) is 6.94. The van der Waals surface area contributed by atoms with Crippen molar-refractivity contribution in [3.05, 3.63) is 70.9 Å². The van der Waals surface area contributed by atoms with E-state index in [4.69, 9.17) is 9.47 Å². The number of nitrogens with one attached hydrogen (secondary N) is 1. The van der Waals surface area contributed by atoms with Gasteiger partial charge in [-0.15, -0.1) is 0 Å². The minimum atomic E-state index is -0.0907. The fourth-order valence-corrected chi connectivity index (χ4v) is 3.76. The molecule has 2 aromatic rings. The maximum Gasteiger partial charge on any atom is 0.308 e. The van der Waals surface area contributed by atoms with E-state index in [1.807, 2.05) is 24.3 Å². The molecule has 26 heavy (non-hydrogen) atoms. The van der Waals surface area contributed by atoms with Crippen molar-refractivity contribution in [2.75, 3.05) is 12.4 Å². The first-order valence-corrected chi connectivity index (χ1v) is 9.08. The minimum Gasteiger partial charge on any atom is -0.489 e. The first-order valence-electron chi connectivity index (χ1n) is 9.08. The number of carbonyl (C=O) groups excluding carboxylic acids is 1. The van der Waals surface area contributed by atoms with Gasteiger partial charge in [-0.2, -0.15) is 0 Å². The molecule has 1 aliphatic heterocycles. The second kappa shape index (κ2) is 7.24. The number of ether oxygens (including phenoxy) is 2. The van der Waals surface area contributed by atoms with Crippen LogP contribution in [-0.2, 0) is 22.6 Å². The van der Waals surface area contributed by atoms with Gasteiger partial charge < -0.3 is 14.8 Å². The predicted molar refractivity (Wildman–Crippen MR) is 101 cm³/mol. The topological polar surface area (TPSA) is 47.6 Å². The molecular formula is C22H23NO3. The maximum absolute atomic E-state index is 11.8. The molecule has 0 spiro atoms. The summed E-state index contributed by atoms with van der Waals surface area (Å²) >= 11 is 0. The molecule has 4 heteroatoms. The summed E-state index contributed by atoms with van der Waals surface area (Å²) in [6.07, 6.45) is 3.42. The van der Waals surface area contributed by atoms with Crippen molar-refractivity contribution in [1.29, 1.82) is 0 Å². The van der Waals surface area contributed by atoms with Crippen LogP contribution in [0.15, 0.2) is 59.8 Å². The average Bonchev–Trinajstić information content (AvgIpc) is 2.70. The number of methoxy groups -OCH3 is 1. The fourth-order valence-electron chi connectivity index (χ4n) is 3.76. The summed E-state index contributed by atoms with van der Waals surface area (Å²) in [5, 5.41) is 3.56. The fraction of sp³-hybridized carbons (Fsp3) is 0.318. The average molecular weight is 349 g/mol. The number of fused-ring (bicyclic) bond motifs is 1. The number of hydrogen-bond donors (Lipinski definition) is 1. The van der Waals surface area contributed by atoms with E-state index >= 15 is 0 Å². The van der Waals surface area contributed by atoms with Gasteiger partial charge in [0, 0.05) is 17.5 Å². The third kappa shape index (κ3) is 3.45. The number of esters is 1. The van der Waals surface area contributed by atoms with Crippen molar-refractivity contribution in [3.63, 3.8) is 0 Å². The summed E-state index contributed by atoms with van der Waals surface area (Å²) in [6, 6.07) is 16.4. The highest BCUT2D eigenvalue weighted by molar-refractivity contribution is 5.74. The third-order valence-corrected chi connectivity index (χ3v) is 5.22.